The maximum atomic E-state index is 12.8. The number of hydrogen-bond donors (Lipinski definition) is 5. The summed E-state index contributed by atoms with van der Waals surface area (Å²) in [6, 6.07) is 11.1. The Bertz CT molecular complexity index is 1640. The minimum Gasteiger partial charge on any atom is -0.508 e. The number of aliphatic hydroxyl groups excluding tert-OH is 1. The van der Waals surface area contributed by atoms with Crippen molar-refractivity contribution in [2.24, 2.45) is 56.7 Å². The first-order valence-corrected chi connectivity index (χ1v) is 19.0. The summed E-state index contributed by atoms with van der Waals surface area (Å²) < 4.78 is 0. The highest BCUT2D eigenvalue weighted by atomic mass is 16.4. The summed E-state index contributed by atoms with van der Waals surface area (Å²) in [4.78, 5) is 12.8. The summed E-state index contributed by atoms with van der Waals surface area (Å²) in [5.41, 5.74) is 3.08. The van der Waals surface area contributed by atoms with E-state index in [2.05, 4.69) is 54.5 Å². The van der Waals surface area contributed by atoms with Crippen LogP contribution in [0.3, 0.4) is 0 Å². The predicted octanol–water partition coefficient (Wildman–Crippen LogP) is 10.1. The average Bonchev–Trinajstić information content (AvgIpc) is 3.04. The second kappa shape index (κ2) is 12.8. The summed E-state index contributed by atoms with van der Waals surface area (Å²) in [5, 5.41) is 49.1. The molecule has 0 heterocycles. The first-order valence-electron chi connectivity index (χ1n) is 19.0. The Labute approximate surface area is 299 Å². The van der Waals surface area contributed by atoms with Crippen LogP contribution in [0.4, 0.5) is 0 Å². The van der Waals surface area contributed by atoms with E-state index < -0.39 is 11.4 Å². The van der Waals surface area contributed by atoms with E-state index in [1.165, 1.54) is 24.5 Å². The minimum absolute atomic E-state index is 0.0235. The molecule has 7 rings (SSSR count). The molecule has 0 spiro atoms. The molecule has 2 aromatic carbocycles. The molecule has 5 aliphatic rings. The third-order valence-corrected chi connectivity index (χ3v) is 15.7. The molecule has 6 nitrogen and oxygen atoms in total. The van der Waals surface area contributed by atoms with E-state index in [1.807, 2.05) is 6.08 Å². The fourth-order valence-electron chi connectivity index (χ4n) is 12.3. The van der Waals surface area contributed by atoms with Crippen molar-refractivity contribution in [1.29, 1.82) is 0 Å². The molecule has 0 bridgehead atoms. The van der Waals surface area contributed by atoms with Gasteiger partial charge in [0.2, 0.25) is 0 Å². The number of aromatic hydroxyl groups is 3. The molecule has 50 heavy (non-hydrogen) atoms. The van der Waals surface area contributed by atoms with E-state index in [4.69, 9.17) is 5.11 Å². The maximum Gasteiger partial charge on any atom is 0.310 e. The van der Waals surface area contributed by atoms with Crippen LogP contribution in [0.25, 0.3) is 12.2 Å². The summed E-state index contributed by atoms with van der Waals surface area (Å²) in [6.45, 7) is 17.0. The number of aliphatic carboxylic acids is 1. The number of phenolic OH excluding ortho intramolecular Hbond substituents is 3. The van der Waals surface area contributed by atoms with Crippen LogP contribution in [0.15, 0.2) is 54.1 Å². The first kappa shape index (κ1) is 36.5. The number of fused-ring (bicyclic) bond motifs is 7. The van der Waals surface area contributed by atoms with Crippen molar-refractivity contribution < 1.29 is 30.3 Å². The number of carboxylic acids is 1. The number of rotatable bonds is 3. The lowest BCUT2D eigenvalue weighted by Gasteiger charge is -2.71. The van der Waals surface area contributed by atoms with Gasteiger partial charge in [-0.25, -0.2) is 0 Å². The van der Waals surface area contributed by atoms with Crippen molar-refractivity contribution in [3.05, 3.63) is 65.2 Å². The molecule has 0 aromatic heterocycles. The zero-order valence-electron chi connectivity index (χ0n) is 31.2. The normalized spacial score (nSPS) is 40.2. The third-order valence-electron chi connectivity index (χ3n) is 15.7. The molecule has 0 amide bonds. The maximum absolute atomic E-state index is 12.8. The third kappa shape index (κ3) is 5.68. The number of phenols is 3. The van der Waals surface area contributed by atoms with E-state index in [1.54, 1.807) is 42.5 Å². The fourth-order valence-corrected chi connectivity index (χ4v) is 12.3. The van der Waals surface area contributed by atoms with E-state index in [-0.39, 0.29) is 50.9 Å². The molecule has 0 aliphatic heterocycles. The van der Waals surface area contributed by atoms with Gasteiger partial charge >= 0.3 is 5.97 Å². The standard InChI is InChI=1S/C30H48O3.C14H12O3/c1-18-10-15-30(25(32)33)17-16-28(6)20(24(30)19(18)2)8-9-22-27(5)13-12-23(31)26(3,4)21(27)11-14-29(22,28)7;15-12-5-3-10(4-6-12)1-2-11-7-13(16)9-14(17)8-11/h8,18-19,21-24,31H,9-17H2,1-7H3,(H,32,33);1-9,15-17H/b;2-1+/t18-,19+,21+,22-,23+,24+,27+,28-,29-,30+;/m1./s1. The van der Waals surface area contributed by atoms with Crippen LogP contribution < -0.4 is 0 Å². The summed E-state index contributed by atoms with van der Waals surface area (Å²) >= 11 is 0. The quantitative estimate of drug-likeness (QED) is 0.162. The molecule has 2 aromatic rings. The highest BCUT2D eigenvalue weighted by Gasteiger charge is 2.69. The van der Waals surface area contributed by atoms with Gasteiger partial charge in [-0.2, -0.15) is 0 Å². The monoisotopic (exact) mass is 684 g/mol. The van der Waals surface area contributed by atoms with Gasteiger partial charge in [0.25, 0.3) is 0 Å². The number of carbonyl (C=O) groups is 1. The molecular weight excluding hydrogens is 624 g/mol. The van der Waals surface area contributed by atoms with Crippen LogP contribution in [0.5, 0.6) is 17.2 Å². The van der Waals surface area contributed by atoms with Gasteiger partial charge in [0.15, 0.2) is 0 Å². The Morgan fingerprint density at radius 1 is 0.740 bits per heavy atom. The van der Waals surface area contributed by atoms with Crippen molar-refractivity contribution in [2.45, 2.75) is 112 Å². The van der Waals surface area contributed by atoms with Crippen molar-refractivity contribution in [2.75, 3.05) is 0 Å². The van der Waals surface area contributed by atoms with Crippen molar-refractivity contribution in [1.82, 2.24) is 0 Å². The Morgan fingerprint density at radius 3 is 2.02 bits per heavy atom. The van der Waals surface area contributed by atoms with Gasteiger partial charge < -0.3 is 25.5 Å². The van der Waals surface area contributed by atoms with Crippen molar-refractivity contribution >= 4 is 18.1 Å². The zero-order chi connectivity index (χ0) is 36.4. The fraction of sp³-hybridized carbons (Fsp3) is 0.614. The molecule has 10 atom stereocenters. The van der Waals surface area contributed by atoms with Crippen molar-refractivity contribution in [3.8, 4) is 17.2 Å². The largest absolute Gasteiger partial charge is 0.508 e. The molecule has 5 aliphatic carbocycles. The van der Waals surface area contributed by atoms with Gasteiger partial charge in [-0.05, 0) is 144 Å². The molecule has 4 fully saturated rings. The van der Waals surface area contributed by atoms with Crippen LogP contribution in [0.1, 0.15) is 117 Å². The number of hydrogen-bond acceptors (Lipinski definition) is 5. The lowest BCUT2D eigenvalue weighted by Crippen LogP contribution is -2.65. The van der Waals surface area contributed by atoms with Crippen LogP contribution in [0.2, 0.25) is 0 Å². The molecule has 272 valence electrons. The number of aliphatic hydroxyl groups is 1. The van der Waals surface area contributed by atoms with Crippen molar-refractivity contribution in [3.63, 3.8) is 0 Å². The smallest absolute Gasteiger partial charge is 0.310 e. The number of benzene rings is 2. The van der Waals surface area contributed by atoms with E-state index in [0.29, 0.717) is 29.2 Å². The molecule has 0 unspecified atom stereocenters. The predicted molar refractivity (Wildman–Crippen MR) is 199 cm³/mol. The van der Waals surface area contributed by atoms with Gasteiger partial charge in [0.05, 0.1) is 11.5 Å². The van der Waals surface area contributed by atoms with Crippen LogP contribution >= 0.6 is 0 Å². The summed E-state index contributed by atoms with van der Waals surface area (Å²) in [5.74, 6) is 2.09. The Balaban J connectivity index is 0.000000214. The molecule has 0 radical (unpaired) electrons. The highest BCUT2D eigenvalue weighted by Crippen LogP contribution is 2.75. The second-order valence-corrected chi connectivity index (χ2v) is 18.2. The Kier molecular flexibility index (Phi) is 9.32. The van der Waals surface area contributed by atoms with Crippen LogP contribution in [0, 0.1) is 56.7 Å². The van der Waals surface area contributed by atoms with E-state index in [0.717, 1.165) is 50.5 Å². The zero-order valence-corrected chi connectivity index (χ0v) is 31.2. The van der Waals surface area contributed by atoms with Gasteiger partial charge in [-0.15, -0.1) is 0 Å². The molecule has 6 heteroatoms. The van der Waals surface area contributed by atoms with Gasteiger partial charge in [0, 0.05) is 6.07 Å². The lowest BCUT2D eigenvalue weighted by atomic mass is 9.33. The molecule has 5 N–H and O–H groups in total. The molecule has 4 saturated carbocycles. The topological polar surface area (TPSA) is 118 Å². The first-order chi connectivity index (χ1) is 23.4. The lowest BCUT2D eigenvalue weighted by molar-refractivity contribution is -0.206. The highest BCUT2D eigenvalue weighted by molar-refractivity contribution is 5.77. The van der Waals surface area contributed by atoms with Gasteiger partial charge in [0.1, 0.15) is 17.2 Å². The average molecular weight is 685 g/mol. The second-order valence-electron chi connectivity index (χ2n) is 18.2. The Morgan fingerprint density at radius 2 is 1.38 bits per heavy atom. The van der Waals surface area contributed by atoms with E-state index >= 15 is 0 Å². The molecular formula is C44H60O6. The SMILES string of the molecule is C[C@H]1[C@H](C)CC[C@]2(C(=O)O)CC[C@]3(C)C(=CC[C@@H]4[C@@]5(C)CC[C@H](O)C(C)(C)[C@@H]5CC[C@]43C)[C@H]12.Oc1ccc(/C=C/c2cc(O)cc(O)c2)cc1. The Hall–Kier alpha value is -3.25. The van der Waals surface area contributed by atoms with Gasteiger partial charge in [-0.1, -0.05) is 84.4 Å². The molecule has 0 saturated heterocycles. The van der Waals surface area contributed by atoms with E-state index in [9.17, 15) is 25.2 Å². The number of carboxylic acid groups (broad SMARTS) is 1. The van der Waals surface area contributed by atoms with Crippen LogP contribution in [-0.4, -0.2) is 37.6 Å². The van der Waals surface area contributed by atoms with Crippen LogP contribution in [-0.2, 0) is 4.79 Å². The summed E-state index contributed by atoms with van der Waals surface area (Å²) in [7, 11) is 0. The summed E-state index contributed by atoms with van der Waals surface area (Å²) in [6.07, 6.45) is 15.2. The van der Waals surface area contributed by atoms with Gasteiger partial charge in [-0.3, -0.25) is 4.79 Å². The minimum atomic E-state index is -0.557. The number of allylic oxidation sites excluding steroid dienone is 2.